The van der Waals surface area contributed by atoms with Gasteiger partial charge in [0, 0.05) is 24.6 Å². The van der Waals surface area contributed by atoms with Crippen LogP contribution < -0.4 is 5.32 Å². The zero-order valence-electron chi connectivity index (χ0n) is 11.6. The Balaban J connectivity index is 2.19. The molecule has 2 atom stereocenters. The fourth-order valence-electron chi connectivity index (χ4n) is 2.14. The van der Waals surface area contributed by atoms with Crippen LogP contribution in [0.4, 0.5) is 13.2 Å². The molecule has 2 unspecified atom stereocenters. The Bertz CT molecular complexity index is 269. The Hall–Kier alpha value is -0.330. The molecule has 1 aliphatic carbocycles. The van der Waals surface area contributed by atoms with E-state index in [2.05, 4.69) is 5.32 Å². The summed E-state index contributed by atoms with van der Waals surface area (Å²) in [4.78, 5) is 0. The van der Waals surface area contributed by atoms with Crippen molar-refractivity contribution in [3.8, 4) is 0 Å². The van der Waals surface area contributed by atoms with Crippen LogP contribution in [0.2, 0.25) is 0 Å². The van der Waals surface area contributed by atoms with E-state index in [-0.39, 0.29) is 25.7 Å². The molecule has 0 radical (unpaired) electrons. The SMILES string of the molecule is CC(CC(C)(CO)NC1CC1)OCCCC(F)(F)F. The summed E-state index contributed by atoms with van der Waals surface area (Å²) in [6.07, 6.45) is -2.27. The summed E-state index contributed by atoms with van der Waals surface area (Å²) in [6, 6.07) is 0.467. The molecule has 6 heteroatoms. The number of rotatable bonds is 9. The Labute approximate surface area is 112 Å². The van der Waals surface area contributed by atoms with Crippen molar-refractivity contribution in [3.05, 3.63) is 0 Å². The standard InChI is InChI=1S/C13H24F3NO2/c1-10(19-7-3-6-13(14,15)16)8-12(2,9-18)17-11-4-5-11/h10-11,17-18H,3-9H2,1-2H3. The minimum Gasteiger partial charge on any atom is -0.394 e. The van der Waals surface area contributed by atoms with Crippen molar-refractivity contribution >= 4 is 0 Å². The van der Waals surface area contributed by atoms with Crippen LogP contribution >= 0.6 is 0 Å². The smallest absolute Gasteiger partial charge is 0.389 e. The van der Waals surface area contributed by atoms with Crippen molar-refractivity contribution in [2.75, 3.05) is 13.2 Å². The molecule has 0 amide bonds. The highest BCUT2D eigenvalue weighted by molar-refractivity contribution is 4.93. The minimum absolute atomic E-state index is 0.000247. The monoisotopic (exact) mass is 283 g/mol. The van der Waals surface area contributed by atoms with Gasteiger partial charge in [0.15, 0.2) is 0 Å². The van der Waals surface area contributed by atoms with Gasteiger partial charge in [-0.3, -0.25) is 0 Å². The first kappa shape index (κ1) is 16.7. The number of aliphatic hydroxyl groups is 1. The summed E-state index contributed by atoms with van der Waals surface area (Å²) >= 11 is 0. The van der Waals surface area contributed by atoms with Crippen molar-refractivity contribution in [2.24, 2.45) is 0 Å². The number of ether oxygens (including phenoxy) is 1. The topological polar surface area (TPSA) is 41.5 Å². The maximum absolute atomic E-state index is 12.0. The molecule has 19 heavy (non-hydrogen) atoms. The fourth-order valence-corrected chi connectivity index (χ4v) is 2.14. The maximum Gasteiger partial charge on any atom is 0.389 e. The van der Waals surface area contributed by atoms with Crippen molar-refractivity contribution in [2.45, 2.75) is 69.8 Å². The van der Waals surface area contributed by atoms with Gasteiger partial charge in [-0.25, -0.2) is 0 Å². The molecule has 1 fully saturated rings. The van der Waals surface area contributed by atoms with E-state index >= 15 is 0 Å². The number of alkyl halides is 3. The Kier molecular flexibility index (Phi) is 6.08. The van der Waals surface area contributed by atoms with E-state index in [4.69, 9.17) is 4.74 Å². The highest BCUT2D eigenvalue weighted by Gasteiger charge is 2.33. The highest BCUT2D eigenvalue weighted by atomic mass is 19.4. The number of halogens is 3. The molecule has 0 heterocycles. The lowest BCUT2D eigenvalue weighted by atomic mass is 9.95. The van der Waals surface area contributed by atoms with Gasteiger partial charge in [-0.1, -0.05) is 0 Å². The van der Waals surface area contributed by atoms with Crippen molar-refractivity contribution in [1.29, 1.82) is 0 Å². The summed E-state index contributed by atoms with van der Waals surface area (Å²) in [5.74, 6) is 0. The number of hydrogen-bond acceptors (Lipinski definition) is 3. The van der Waals surface area contributed by atoms with Crippen molar-refractivity contribution < 1.29 is 23.0 Å². The van der Waals surface area contributed by atoms with Crippen LogP contribution in [0.3, 0.4) is 0 Å². The van der Waals surface area contributed by atoms with Crippen LogP contribution in [-0.4, -0.2) is 42.2 Å². The Morgan fingerprint density at radius 1 is 1.37 bits per heavy atom. The van der Waals surface area contributed by atoms with Gasteiger partial charge >= 0.3 is 6.18 Å². The molecule has 2 N–H and O–H groups in total. The first-order chi connectivity index (χ1) is 8.74. The molecule has 1 rings (SSSR count). The third-order valence-corrected chi connectivity index (χ3v) is 3.22. The average Bonchev–Trinajstić information content (AvgIpc) is 3.07. The molecular weight excluding hydrogens is 259 g/mol. The van der Waals surface area contributed by atoms with Crippen molar-refractivity contribution in [3.63, 3.8) is 0 Å². The van der Waals surface area contributed by atoms with Crippen LogP contribution in [0, 0.1) is 0 Å². The van der Waals surface area contributed by atoms with E-state index in [1.165, 1.54) is 0 Å². The number of hydrogen-bond donors (Lipinski definition) is 2. The lowest BCUT2D eigenvalue weighted by Gasteiger charge is -2.31. The van der Waals surface area contributed by atoms with Gasteiger partial charge in [-0.2, -0.15) is 13.2 Å². The lowest BCUT2D eigenvalue weighted by molar-refractivity contribution is -0.139. The molecule has 0 spiro atoms. The Morgan fingerprint density at radius 2 is 2.00 bits per heavy atom. The van der Waals surface area contributed by atoms with Crippen LogP contribution in [0.25, 0.3) is 0 Å². The molecule has 0 aromatic rings. The molecule has 0 bridgehead atoms. The second kappa shape index (κ2) is 6.90. The summed E-state index contributed by atoms with van der Waals surface area (Å²) < 4.78 is 41.3. The molecule has 0 saturated heterocycles. The molecule has 1 saturated carbocycles. The van der Waals surface area contributed by atoms with E-state index < -0.39 is 18.1 Å². The minimum atomic E-state index is -4.11. The summed E-state index contributed by atoms with van der Waals surface area (Å²) in [5.41, 5.74) is -0.412. The third-order valence-electron chi connectivity index (χ3n) is 3.22. The second-order valence-electron chi connectivity index (χ2n) is 5.74. The van der Waals surface area contributed by atoms with E-state index in [9.17, 15) is 18.3 Å². The molecule has 0 aromatic heterocycles. The van der Waals surface area contributed by atoms with E-state index in [1.807, 2.05) is 13.8 Å². The zero-order chi connectivity index (χ0) is 14.5. The normalized spacial score (nSPS) is 21.2. The first-order valence-corrected chi connectivity index (χ1v) is 6.81. The molecule has 0 aromatic carbocycles. The molecule has 0 aliphatic heterocycles. The highest BCUT2D eigenvalue weighted by Crippen LogP contribution is 2.25. The van der Waals surface area contributed by atoms with Crippen LogP contribution in [0.1, 0.15) is 46.0 Å². The van der Waals surface area contributed by atoms with Crippen molar-refractivity contribution in [1.82, 2.24) is 5.32 Å². The zero-order valence-corrected chi connectivity index (χ0v) is 11.6. The van der Waals surface area contributed by atoms with E-state index in [1.54, 1.807) is 0 Å². The third kappa shape index (κ3) is 7.74. The summed E-state index contributed by atoms with van der Waals surface area (Å²) in [7, 11) is 0. The first-order valence-electron chi connectivity index (χ1n) is 6.81. The summed E-state index contributed by atoms with van der Waals surface area (Å²) in [6.45, 7) is 3.85. The van der Waals surface area contributed by atoms with Crippen LogP contribution in [0.5, 0.6) is 0 Å². The maximum atomic E-state index is 12.0. The average molecular weight is 283 g/mol. The fraction of sp³-hybridized carbons (Fsp3) is 1.00. The van der Waals surface area contributed by atoms with Crippen LogP contribution in [-0.2, 0) is 4.74 Å². The van der Waals surface area contributed by atoms with Gasteiger partial charge in [0.1, 0.15) is 0 Å². The molecule has 3 nitrogen and oxygen atoms in total. The quantitative estimate of drug-likeness (QED) is 0.639. The van der Waals surface area contributed by atoms with Gasteiger partial charge in [-0.15, -0.1) is 0 Å². The number of nitrogens with one attached hydrogen (secondary N) is 1. The van der Waals surface area contributed by atoms with Gasteiger partial charge in [0.2, 0.25) is 0 Å². The summed E-state index contributed by atoms with van der Waals surface area (Å²) in [5, 5.41) is 12.8. The van der Waals surface area contributed by atoms with Crippen LogP contribution in [0.15, 0.2) is 0 Å². The largest absolute Gasteiger partial charge is 0.394 e. The predicted octanol–water partition coefficient (Wildman–Crippen LogP) is 2.63. The van der Waals surface area contributed by atoms with Gasteiger partial charge in [0.05, 0.1) is 12.7 Å². The molecule has 1 aliphatic rings. The van der Waals surface area contributed by atoms with Gasteiger partial charge < -0.3 is 15.2 Å². The van der Waals surface area contributed by atoms with E-state index in [0.717, 1.165) is 12.8 Å². The molecule has 114 valence electrons. The van der Waals surface area contributed by atoms with Gasteiger partial charge in [0.25, 0.3) is 0 Å². The Morgan fingerprint density at radius 3 is 2.47 bits per heavy atom. The van der Waals surface area contributed by atoms with Gasteiger partial charge in [-0.05, 0) is 39.5 Å². The predicted molar refractivity (Wildman–Crippen MR) is 67.0 cm³/mol. The number of aliphatic hydroxyl groups excluding tert-OH is 1. The lowest BCUT2D eigenvalue weighted by Crippen LogP contribution is -2.49. The molecular formula is C13H24F3NO2. The van der Waals surface area contributed by atoms with E-state index in [0.29, 0.717) is 12.5 Å². The second-order valence-corrected chi connectivity index (χ2v) is 5.74.